The second-order valence-corrected chi connectivity index (χ2v) is 9.13. The highest BCUT2D eigenvalue weighted by Crippen LogP contribution is 2.33. The Hall–Kier alpha value is -3.50. The van der Waals surface area contributed by atoms with E-state index < -0.39 is 34.9 Å². The van der Waals surface area contributed by atoms with E-state index in [1.165, 1.54) is 6.92 Å². The number of amides is 1. The number of unbranched alkanes of at least 4 members (excludes halogenated alkanes) is 1. The van der Waals surface area contributed by atoms with E-state index in [-0.39, 0.29) is 27.9 Å². The topological polar surface area (TPSA) is 88.5 Å². The lowest BCUT2D eigenvalue weighted by Gasteiger charge is -2.19. The zero-order valence-corrected chi connectivity index (χ0v) is 21.4. The third-order valence-corrected chi connectivity index (χ3v) is 6.36. The average molecular weight is 533 g/mol. The van der Waals surface area contributed by atoms with E-state index in [1.807, 2.05) is 6.92 Å². The third-order valence-electron chi connectivity index (χ3n) is 5.60. The number of carboxylic acids is 1. The quantitative estimate of drug-likeness (QED) is 0.254. The number of rotatable bonds is 11. The predicted molar refractivity (Wildman–Crippen MR) is 137 cm³/mol. The van der Waals surface area contributed by atoms with E-state index in [9.17, 15) is 18.4 Å². The molecule has 0 saturated heterocycles. The highest BCUT2D eigenvalue weighted by atomic mass is 32.1. The number of carbonyl (C=O) groups is 2. The molecule has 0 saturated carbocycles. The molecule has 3 aromatic rings. The maximum Gasteiger partial charge on any atom is 0.331 e. The molecule has 0 aliphatic heterocycles. The molecular weight excluding hydrogens is 505 g/mol. The molecule has 196 valence electrons. The first-order valence-electron chi connectivity index (χ1n) is 11.7. The van der Waals surface area contributed by atoms with E-state index in [0.29, 0.717) is 24.3 Å². The molecule has 0 fully saturated rings. The Bertz CT molecular complexity index is 1300. The first kappa shape index (κ1) is 28.1. The van der Waals surface area contributed by atoms with Crippen LogP contribution in [0.4, 0.5) is 18.3 Å². The molecule has 1 amide bonds. The van der Waals surface area contributed by atoms with Crippen molar-refractivity contribution in [2.75, 3.05) is 11.9 Å². The molecule has 6 nitrogen and oxygen atoms in total. The smallest absolute Gasteiger partial charge is 0.331 e. The van der Waals surface area contributed by atoms with E-state index >= 15 is 4.39 Å². The summed E-state index contributed by atoms with van der Waals surface area (Å²) in [6.07, 6.45) is 2.99. The number of thiazole rings is 1. The molecule has 3 rings (SSSR count). The van der Waals surface area contributed by atoms with Crippen LogP contribution in [0.15, 0.2) is 41.3 Å². The van der Waals surface area contributed by atoms with E-state index in [0.717, 1.165) is 42.4 Å². The minimum atomic E-state index is -1.32. The predicted octanol–water partition coefficient (Wildman–Crippen LogP) is 7.24. The first-order valence-corrected chi connectivity index (χ1v) is 12.6. The van der Waals surface area contributed by atoms with Crippen molar-refractivity contribution in [3.05, 3.63) is 75.4 Å². The molecular formula is C27H27F3N2O4S. The van der Waals surface area contributed by atoms with Gasteiger partial charge in [-0.1, -0.05) is 31.9 Å². The van der Waals surface area contributed by atoms with Crippen LogP contribution in [-0.2, 0) is 9.53 Å². The third kappa shape index (κ3) is 6.84. The number of carboxylic acid groups (broad SMARTS) is 1. The minimum Gasteiger partial charge on any atom is -0.478 e. The Kier molecular flexibility index (Phi) is 9.60. The van der Waals surface area contributed by atoms with Crippen LogP contribution in [0.2, 0.25) is 0 Å². The van der Waals surface area contributed by atoms with Gasteiger partial charge in [0.25, 0.3) is 5.91 Å². The van der Waals surface area contributed by atoms with Crippen LogP contribution in [0.3, 0.4) is 0 Å². The maximum absolute atomic E-state index is 15.4. The van der Waals surface area contributed by atoms with E-state index in [4.69, 9.17) is 9.84 Å². The highest BCUT2D eigenvalue weighted by molar-refractivity contribution is 7.14. The maximum atomic E-state index is 15.4. The van der Waals surface area contributed by atoms with Gasteiger partial charge in [-0.25, -0.2) is 22.9 Å². The van der Waals surface area contributed by atoms with Gasteiger partial charge in [-0.3, -0.25) is 10.1 Å². The molecule has 0 bridgehead atoms. The Morgan fingerprint density at radius 2 is 1.89 bits per heavy atom. The molecule has 0 radical (unpaired) electrons. The molecule has 10 heteroatoms. The molecule has 1 atom stereocenters. The number of nitrogens with zero attached hydrogens (tertiary/aromatic N) is 1. The van der Waals surface area contributed by atoms with Crippen molar-refractivity contribution in [3.8, 4) is 11.3 Å². The normalized spacial score (nSPS) is 12.4. The van der Waals surface area contributed by atoms with Gasteiger partial charge in [0.05, 0.1) is 11.8 Å². The summed E-state index contributed by atoms with van der Waals surface area (Å²) in [6.45, 7) is 5.55. The van der Waals surface area contributed by atoms with Gasteiger partial charge in [0, 0.05) is 39.8 Å². The molecule has 1 heterocycles. The Balaban J connectivity index is 1.82. The van der Waals surface area contributed by atoms with Gasteiger partial charge in [0.1, 0.15) is 17.5 Å². The SMILES string of the molecule is CCCCC(OCC)c1cccc(-c2csc(NC(=O)c3cc(F)c(/C=C(\C)C(=O)O)c(F)c3)n2)c1F. The van der Waals surface area contributed by atoms with Crippen LogP contribution in [0, 0.1) is 17.5 Å². The number of anilines is 1. The first-order chi connectivity index (χ1) is 17.7. The van der Waals surface area contributed by atoms with Crippen LogP contribution in [0.5, 0.6) is 0 Å². The van der Waals surface area contributed by atoms with Crippen molar-refractivity contribution < 1.29 is 32.6 Å². The van der Waals surface area contributed by atoms with Crippen LogP contribution in [0.25, 0.3) is 17.3 Å². The van der Waals surface area contributed by atoms with Gasteiger partial charge in [-0.05, 0) is 44.5 Å². The van der Waals surface area contributed by atoms with Crippen molar-refractivity contribution in [2.24, 2.45) is 0 Å². The van der Waals surface area contributed by atoms with Crippen LogP contribution >= 0.6 is 11.3 Å². The molecule has 0 spiro atoms. The summed E-state index contributed by atoms with van der Waals surface area (Å²) in [5.41, 5.74) is -0.165. The van der Waals surface area contributed by atoms with E-state index in [2.05, 4.69) is 17.2 Å². The van der Waals surface area contributed by atoms with Crippen molar-refractivity contribution in [1.29, 1.82) is 0 Å². The molecule has 1 unspecified atom stereocenters. The molecule has 1 aromatic heterocycles. The fraction of sp³-hybridized carbons (Fsp3) is 0.296. The van der Waals surface area contributed by atoms with Gasteiger partial charge < -0.3 is 9.84 Å². The van der Waals surface area contributed by atoms with E-state index in [1.54, 1.807) is 23.6 Å². The lowest BCUT2D eigenvalue weighted by Crippen LogP contribution is -2.13. The van der Waals surface area contributed by atoms with Gasteiger partial charge in [-0.15, -0.1) is 11.3 Å². The van der Waals surface area contributed by atoms with Crippen LogP contribution < -0.4 is 5.32 Å². The number of aromatic nitrogens is 1. The zero-order chi connectivity index (χ0) is 27.1. The summed E-state index contributed by atoms with van der Waals surface area (Å²) >= 11 is 1.03. The van der Waals surface area contributed by atoms with Crippen LogP contribution in [-0.4, -0.2) is 28.6 Å². The number of ether oxygens (including phenoxy) is 1. The minimum absolute atomic E-state index is 0.114. The Labute approximate surface area is 216 Å². The van der Waals surface area contributed by atoms with Gasteiger partial charge in [0.15, 0.2) is 5.13 Å². The summed E-state index contributed by atoms with van der Waals surface area (Å²) in [4.78, 5) is 27.8. The number of carbonyl (C=O) groups excluding carboxylic acids is 1. The molecule has 0 aliphatic carbocycles. The molecule has 2 N–H and O–H groups in total. The number of benzene rings is 2. The Morgan fingerprint density at radius 3 is 2.51 bits per heavy atom. The summed E-state index contributed by atoms with van der Waals surface area (Å²) in [5.74, 6) is -4.77. The zero-order valence-electron chi connectivity index (χ0n) is 20.6. The standard InChI is InChI=1S/C27H27F3N2O4S/c1-4-6-10-23(36-5-2)18-9-7-8-17(24(18)30)22-14-37-27(31-22)32-25(33)16-12-20(28)19(21(29)13-16)11-15(3)26(34)35/h7-9,11-14,23H,4-6,10H2,1-3H3,(H,34,35)(H,31,32,33)/b15-11+. The fourth-order valence-corrected chi connectivity index (χ4v) is 4.38. The monoisotopic (exact) mass is 532 g/mol. The molecule has 37 heavy (non-hydrogen) atoms. The fourth-order valence-electron chi connectivity index (χ4n) is 3.67. The van der Waals surface area contributed by atoms with Crippen LogP contribution in [0.1, 0.15) is 67.6 Å². The Morgan fingerprint density at radius 1 is 1.19 bits per heavy atom. The molecule has 2 aromatic carbocycles. The second-order valence-electron chi connectivity index (χ2n) is 8.27. The number of hydrogen-bond acceptors (Lipinski definition) is 5. The van der Waals surface area contributed by atoms with Gasteiger partial charge in [0.2, 0.25) is 0 Å². The summed E-state index contributed by atoms with van der Waals surface area (Å²) < 4.78 is 50.0. The van der Waals surface area contributed by atoms with Crippen molar-refractivity contribution >= 4 is 34.4 Å². The van der Waals surface area contributed by atoms with Gasteiger partial charge in [-0.2, -0.15) is 0 Å². The van der Waals surface area contributed by atoms with Crippen molar-refractivity contribution in [3.63, 3.8) is 0 Å². The van der Waals surface area contributed by atoms with Crippen molar-refractivity contribution in [1.82, 2.24) is 4.98 Å². The number of aliphatic carboxylic acids is 1. The number of halogens is 3. The molecule has 0 aliphatic rings. The highest BCUT2D eigenvalue weighted by Gasteiger charge is 2.21. The number of nitrogens with one attached hydrogen (secondary N) is 1. The lowest BCUT2D eigenvalue weighted by atomic mass is 9.99. The average Bonchev–Trinajstić information content (AvgIpc) is 3.32. The van der Waals surface area contributed by atoms with Crippen molar-refractivity contribution in [2.45, 2.75) is 46.1 Å². The second kappa shape index (κ2) is 12.6. The summed E-state index contributed by atoms with van der Waals surface area (Å²) in [6, 6.07) is 6.60. The largest absolute Gasteiger partial charge is 0.478 e. The summed E-state index contributed by atoms with van der Waals surface area (Å²) in [5, 5.41) is 13.1. The van der Waals surface area contributed by atoms with Gasteiger partial charge >= 0.3 is 5.97 Å². The lowest BCUT2D eigenvalue weighted by molar-refractivity contribution is -0.132. The summed E-state index contributed by atoms with van der Waals surface area (Å²) in [7, 11) is 0. The number of hydrogen-bond donors (Lipinski definition) is 2.